The average molecular weight is 256 g/mol. The van der Waals surface area contributed by atoms with Crippen LogP contribution in [0.4, 0.5) is 18.0 Å². The zero-order valence-corrected chi connectivity index (χ0v) is 10.1. The van der Waals surface area contributed by atoms with E-state index in [0.29, 0.717) is 19.1 Å². The molecule has 0 unspecified atom stereocenters. The third-order valence-electron chi connectivity index (χ3n) is 1.82. The Balaban J connectivity index is 3.34. The number of rotatable bonds is 7. The van der Waals surface area contributed by atoms with Crippen molar-refractivity contribution in [2.75, 3.05) is 26.3 Å². The summed E-state index contributed by atoms with van der Waals surface area (Å²) in [4.78, 5) is 10.9. The summed E-state index contributed by atoms with van der Waals surface area (Å²) in [5.41, 5.74) is 0. The van der Waals surface area contributed by atoms with Crippen LogP contribution in [0, 0.1) is 5.92 Å². The third-order valence-corrected chi connectivity index (χ3v) is 1.82. The molecule has 0 aromatic rings. The minimum Gasteiger partial charge on any atom is -0.380 e. The molecule has 0 aliphatic carbocycles. The number of carbonyl (C=O) groups excluding carboxylic acids is 1. The summed E-state index contributed by atoms with van der Waals surface area (Å²) >= 11 is 0. The standard InChI is InChI=1S/C10H19F3N2O2/c1-8(2)3-5-17-6-4-14-9(16)15-7-10(11,12)13/h8H,3-7H2,1-2H3,(H2,14,15,16). The summed E-state index contributed by atoms with van der Waals surface area (Å²) in [5, 5.41) is 3.97. The molecule has 0 atom stereocenters. The van der Waals surface area contributed by atoms with E-state index in [0.717, 1.165) is 6.42 Å². The van der Waals surface area contributed by atoms with Gasteiger partial charge >= 0.3 is 12.2 Å². The molecule has 0 aromatic carbocycles. The van der Waals surface area contributed by atoms with Crippen LogP contribution in [-0.2, 0) is 4.74 Å². The minimum atomic E-state index is -4.38. The highest BCUT2D eigenvalue weighted by molar-refractivity contribution is 5.73. The smallest absolute Gasteiger partial charge is 0.380 e. The third kappa shape index (κ3) is 13.0. The van der Waals surface area contributed by atoms with Gasteiger partial charge in [-0.25, -0.2) is 4.79 Å². The van der Waals surface area contributed by atoms with Gasteiger partial charge in [-0.1, -0.05) is 13.8 Å². The highest BCUT2D eigenvalue weighted by Crippen LogP contribution is 2.11. The van der Waals surface area contributed by atoms with Crippen molar-refractivity contribution in [3.8, 4) is 0 Å². The molecule has 0 fully saturated rings. The highest BCUT2D eigenvalue weighted by Gasteiger charge is 2.27. The van der Waals surface area contributed by atoms with Crippen molar-refractivity contribution in [3.05, 3.63) is 0 Å². The number of hydrogen-bond donors (Lipinski definition) is 2. The van der Waals surface area contributed by atoms with Gasteiger partial charge < -0.3 is 15.4 Å². The molecule has 7 heteroatoms. The highest BCUT2D eigenvalue weighted by atomic mass is 19.4. The van der Waals surface area contributed by atoms with Gasteiger partial charge in [-0.15, -0.1) is 0 Å². The van der Waals surface area contributed by atoms with Crippen LogP contribution in [0.15, 0.2) is 0 Å². The summed E-state index contributed by atoms with van der Waals surface area (Å²) < 4.78 is 40.3. The van der Waals surface area contributed by atoms with E-state index >= 15 is 0 Å². The number of hydrogen-bond acceptors (Lipinski definition) is 2. The van der Waals surface area contributed by atoms with Crippen LogP contribution in [0.1, 0.15) is 20.3 Å². The van der Waals surface area contributed by atoms with Gasteiger partial charge in [-0.2, -0.15) is 13.2 Å². The lowest BCUT2D eigenvalue weighted by molar-refractivity contribution is -0.122. The second kappa shape index (κ2) is 8.16. The Morgan fingerprint density at radius 2 is 1.88 bits per heavy atom. The Kier molecular flexibility index (Phi) is 7.69. The molecule has 0 spiro atoms. The average Bonchev–Trinajstić information content (AvgIpc) is 2.19. The first kappa shape index (κ1) is 16.0. The SMILES string of the molecule is CC(C)CCOCCNC(=O)NCC(F)(F)F. The van der Waals surface area contributed by atoms with Crippen LogP contribution in [0.5, 0.6) is 0 Å². The fourth-order valence-corrected chi connectivity index (χ4v) is 0.901. The number of amides is 2. The zero-order valence-electron chi connectivity index (χ0n) is 10.1. The lowest BCUT2D eigenvalue weighted by atomic mass is 10.1. The van der Waals surface area contributed by atoms with E-state index in [4.69, 9.17) is 4.74 Å². The summed E-state index contributed by atoms with van der Waals surface area (Å²) in [6.45, 7) is 3.88. The molecule has 0 aromatic heterocycles. The molecule has 2 amide bonds. The summed E-state index contributed by atoms with van der Waals surface area (Å²) in [6.07, 6.45) is -3.47. The molecule has 0 rings (SSSR count). The molecule has 17 heavy (non-hydrogen) atoms. The largest absolute Gasteiger partial charge is 0.405 e. The van der Waals surface area contributed by atoms with Gasteiger partial charge in [-0.3, -0.25) is 0 Å². The molecule has 0 bridgehead atoms. The van der Waals surface area contributed by atoms with Gasteiger partial charge in [-0.05, 0) is 12.3 Å². The van der Waals surface area contributed by atoms with E-state index in [1.165, 1.54) is 0 Å². The van der Waals surface area contributed by atoms with Crippen LogP contribution in [0.3, 0.4) is 0 Å². The second-order valence-electron chi connectivity index (χ2n) is 4.02. The van der Waals surface area contributed by atoms with E-state index in [-0.39, 0.29) is 6.54 Å². The van der Waals surface area contributed by atoms with Gasteiger partial charge in [0.25, 0.3) is 0 Å². The van der Waals surface area contributed by atoms with Crippen molar-refractivity contribution in [2.24, 2.45) is 5.92 Å². The monoisotopic (exact) mass is 256 g/mol. The maximum absolute atomic E-state index is 11.7. The quantitative estimate of drug-likeness (QED) is 0.684. The van der Waals surface area contributed by atoms with Crippen LogP contribution in [0.25, 0.3) is 0 Å². The predicted molar refractivity (Wildman–Crippen MR) is 57.7 cm³/mol. The van der Waals surface area contributed by atoms with E-state index in [2.05, 4.69) is 19.2 Å². The van der Waals surface area contributed by atoms with Crippen molar-refractivity contribution >= 4 is 6.03 Å². The fraction of sp³-hybridized carbons (Fsp3) is 0.900. The lowest BCUT2D eigenvalue weighted by Crippen LogP contribution is -2.41. The summed E-state index contributed by atoms with van der Waals surface area (Å²) in [7, 11) is 0. The van der Waals surface area contributed by atoms with Crippen LogP contribution in [-0.4, -0.2) is 38.5 Å². The van der Waals surface area contributed by atoms with Crippen molar-refractivity contribution in [1.82, 2.24) is 10.6 Å². The Labute approximate surface area is 98.9 Å². The Hall–Kier alpha value is -0.980. The van der Waals surface area contributed by atoms with Gasteiger partial charge in [0.2, 0.25) is 0 Å². The summed E-state index contributed by atoms with van der Waals surface area (Å²) in [6, 6.07) is -0.838. The van der Waals surface area contributed by atoms with Crippen molar-refractivity contribution in [3.63, 3.8) is 0 Å². The van der Waals surface area contributed by atoms with Crippen molar-refractivity contribution in [2.45, 2.75) is 26.4 Å². The normalized spacial score (nSPS) is 11.6. The van der Waals surface area contributed by atoms with Crippen molar-refractivity contribution < 1.29 is 22.7 Å². The van der Waals surface area contributed by atoms with E-state index in [1.54, 1.807) is 5.32 Å². The number of halogens is 3. The topological polar surface area (TPSA) is 50.4 Å². The molecular formula is C10H19F3N2O2. The van der Waals surface area contributed by atoms with E-state index in [9.17, 15) is 18.0 Å². The molecule has 0 heterocycles. The maximum Gasteiger partial charge on any atom is 0.405 e. The zero-order chi connectivity index (χ0) is 13.3. The van der Waals surface area contributed by atoms with Gasteiger partial charge in [0.1, 0.15) is 6.54 Å². The van der Waals surface area contributed by atoms with E-state index < -0.39 is 18.8 Å². The van der Waals surface area contributed by atoms with Crippen LogP contribution >= 0.6 is 0 Å². The molecule has 2 N–H and O–H groups in total. The van der Waals surface area contributed by atoms with E-state index in [1.807, 2.05) is 0 Å². The van der Waals surface area contributed by atoms with Crippen LogP contribution in [0.2, 0.25) is 0 Å². The second-order valence-corrected chi connectivity index (χ2v) is 4.02. The number of urea groups is 1. The molecule has 0 radical (unpaired) electrons. The molecule has 0 saturated heterocycles. The number of nitrogens with one attached hydrogen (secondary N) is 2. The molecular weight excluding hydrogens is 237 g/mol. The fourth-order valence-electron chi connectivity index (χ4n) is 0.901. The lowest BCUT2D eigenvalue weighted by Gasteiger charge is -2.10. The van der Waals surface area contributed by atoms with Gasteiger partial charge in [0.15, 0.2) is 0 Å². The molecule has 0 aliphatic heterocycles. The van der Waals surface area contributed by atoms with Crippen LogP contribution < -0.4 is 10.6 Å². The first-order valence-corrected chi connectivity index (χ1v) is 5.47. The first-order valence-electron chi connectivity index (χ1n) is 5.47. The maximum atomic E-state index is 11.7. The summed E-state index contributed by atoms with van der Waals surface area (Å²) in [5.74, 6) is 0.540. The Morgan fingerprint density at radius 1 is 1.24 bits per heavy atom. The van der Waals surface area contributed by atoms with Gasteiger partial charge in [0, 0.05) is 13.2 Å². The molecule has 4 nitrogen and oxygen atoms in total. The number of carbonyl (C=O) groups is 1. The first-order chi connectivity index (χ1) is 7.81. The molecule has 102 valence electrons. The predicted octanol–water partition coefficient (Wildman–Crippen LogP) is 1.91. The van der Waals surface area contributed by atoms with Gasteiger partial charge in [0.05, 0.1) is 6.61 Å². The molecule has 0 aliphatic rings. The van der Waals surface area contributed by atoms with Crippen molar-refractivity contribution in [1.29, 1.82) is 0 Å². The number of alkyl halides is 3. The minimum absolute atomic E-state index is 0.196. The Bertz CT molecular complexity index is 220. The molecule has 0 saturated carbocycles. The number of ether oxygens (including phenoxy) is 1. The Morgan fingerprint density at radius 3 is 2.41 bits per heavy atom.